The summed E-state index contributed by atoms with van der Waals surface area (Å²) in [5, 5.41) is 0.791. The number of nitrogens with zero attached hydrogens (tertiary/aromatic N) is 4. The second-order valence-corrected chi connectivity index (χ2v) is 10.5. The van der Waals surface area contributed by atoms with E-state index in [2.05, 4.69) is 21.8 Å². The highest BCUT2D eigenvalue weighted by Gasteiger charge is 2.28. The lowest BCUT2D eigenvalue weighted by Crippen LogP contribution is -2.55. The molecule has 2 aromatic heterocycles. The highest BCUT2D eigenvalue weighted by atomic mass is 32.1. The summed E-state index contributed by atoms with van der Waals surface area (Å²) < 4.78 is 0. The number of H-pyrrole nitrogens is 1. The number of carbonyl (C=O) groups is 1. The summed E-state index contributed by atoms with van der Waals surface area (Å²) in [6, 6.07) is 0.633. The van der Waals surface area contributed by atoms with Crippen LogP contribution in [0.25, 0.3) is 10.2 Å². The highest BCUT2D eigenvalue weighted by Crippen LogP contribution is 2.33. The normalized spacial score (nSPS) is 23.3. The molecule has 3 aliphatic rings. The Morgan fingerprint density at radius 3 is 2.74 bits per heavy atom. The van der Waals surface area contributed by atoms with Crippen molar-refractivity contribution in [1.29, 1.82) is 0 Å². The fourth-order valence-corrected chi connectivity index (χ4v) is 6.76. The Bertz CT molecular complexity index is 1010. The first-order valence-electron chi connectivity index (χ1n) is 11.8. The number of fused-ring (bicyclic) bond motifs is 3. The smallest absolute Gasteiger partial charge is 0.259 e. The lowest BCUT2D eigenvalue weighted by molar-refractivity contribution is -0.133. The summed E-state index contributed by atoms with van der Waals surface area (Å²) in [7, 11) is 2.20. The number of aromatic nitrogens is 2. The Kier molecular flexibility index (Phi) is 6.12. The number of hydrogen-bond acceptors (Lipinski definition) is 6. The van der Waals surface area contributed by atoms with E-state index < -0.39 is 0 Å². The second-order valence-electron chi connectivity index (χ2n) is 9.38. The number of piperidine rings is 1. The topological polar surface area (TPSA) is 72.5 Å². The molecule has 1 amide bonds. The molecule has 1 atom stereocenters. The number of rotatable bonds is 4. The quantitative estimate of drug-likeness (QED) is 0.783. The molecule has 1 N–H and O–H groups in total. The number of nitrogens with one attached hydrogen (secondary N) is 1. The van der Waals surface area contributed by atoms with Gasteiger partial charge in [0, 0.05) is 56.5 Å². The Morgan fingerprint density at radius 1 is 1.13 bits per heavy atom. The minimum absolute atomic E-state index is 0.0297. The molecule has 168 valence electrons. The zero-order valence-electron chi connectivity index (χ0n) is 18.5. The Labute approximate surface area is 187 Å². The molecule has 1 unspecified atom stereocenters. The van der Waals surface area contributed by atoms with Gasteiger partial charge in [-0.3, -0.25) is 14.5 Å². The SMILES string of the molecule is CN1CCCC(N2CCN(C(=O)CCc3nc4sc5c(c4c(=O)[nH]3)CCCC5)CC2)C1. The van der Waals surface area contributed by atoms with E-state index in [1.165, 1.54) is 36.2 Å². The van der Waals surface area contributed by atoms with Crippen LogP contribution in [0.4, 0.5) is 0 Å². The van der Waals surface area contributed by atoms with Gasteiger partial charge in [-0.2, -0.15) is 0 Å². The molecule has 0 spiro atoms. The van der Waals surface area contributed by atoms with Crippen LogP contribution in [0.2, 0.25) is 0 Å². The van der Waals surface area contributed by atoms with Crippen LogP contribution in [0.15, 0.2) is 4.79 Å². The van der Waals surface area contributed by atoms with Crippen LogP contribution >= 0.6 is 11.3 Å². The van der Waals surface area contributed by atoms with Crippen LogP contribution in [-0.4, -0.2) is 82.9 Å². The lowest BCUT2D eigenvalue weighted by atomic mass is 9.97. The monoisotopic (exact) mass is 443 g/mol. The average Bonchev–Trinajstić information content (AvgIpc) is 3.16. The number of piperazine rings is 1. The molecular formula is C23H33N5O2S. The molecule has 1 aliphatic carbocycles. The van der Waals surface area contributed by atoms with Gasteiger partial charge in [0.25, 0.3) is 5.56 Å². The van der Waals surface area contributed by atoms with Crippen molar-refractivity contribution in [3.05, 3.63) is 26.6 Å². The van der Waals surface area contributed by atoms with Crippen LogP contribution in [-0.2, 0) is 24.1 Å². The van der Waals surface area contributed by atoms with Crippen LogP contribution < -0.4 is 5.56 Å². The predicted molar refractivity (Wildman–Crippen MR) is 124 cm³/mol. The van der Waals surface area contributed by atoms with Crippen molar-refractivity contribution in [3.63, 3.8) is 0 Å². The van der Waals surface area contributed by atoms with Crippen molar-refractivity contribution in [2.45, 2.75) is 57.4 Å². The molecule has 31 heavy (non-hydrogen) atoms. The maximum atomic E-state index is 12.8. The minimum Gasteiger partial charge on any atom is -0.340 e. The van der Waals surface area contributed by atoms with Gasteiger partial charge in [0.2, 0.25) is 5.91 Å². The molecule has 0 bridgehead atoms. The lowest BCUT2D eigenvalue weighted by Gasteiger charge is -2.42. The van der Waals surface area contributed by atoms with Crippen LogP contribution in [0, 0.1) is 0 Å². The third kappa shape index (κ3) is 4.43. The van der Waals surface area contributed by atoms with Crippen molar-refractivity contribution in [3.8, 4) is 0 Å². The molecule has 0 radical (unpaired) electrons. The molecule has 0 aromatic carbocycles. The van der Waals surface area contributed by atoms with E-state index in [4.69, 9.17) is 4.98 Å². The number of likely N-dealkylation sites (tertiary alicyclic amines) is 1. The second kappa shape index (κ2) is 9.00. The van der Waals surface area contributed by atoms with Gasteiger partial charge in [-0.1, -0.05) is 0 Å². The summed E-state index contributed by atoms with van der Waals surface area (Å²) in [6.07, 6.45) is 7.85. The molecule has 7 nitrogen and oxygen atoms in total. The van der Waals surface area contributed by atoms with Gasteiger partial charge in [-0.05, 0) is 57.7 Å². The largest absolute Gasteiger partial charge is 0.340 e. The van der Waals surface area contributed by atoms with Gasteiger partial charge in [-0.15, -0.1) is 11.3 Å². The van der Waals surface area contributed by atoms with Gasteiger partial charge < -0.3 is 14.8 Å². The van der Waals surface area contributed by atoms with Crippen molar-refractivity contribution in [2.75, 3.05) is 46.3 Å². The molecule has 8 heteroatoms. The van der Waals surface area contributed by atoms with E-state index in [0.29, 0.717) is 24.7 Å². The average molecular weight is 444 g/mol. The first-order chi connectivity index (χ1) is 15.1. The predicted octanol–water partition coefficient (Wildman–Crippen LogP) is 2.03. The van der Waals surface area contributed by atoms with Gasteiger partial charge >= 0.3 is 0 Å². The third-order valence-corrected chi connectivity index (χ3v) is 8.42. The van der Waals surface area contributed by atoms with E-state index >= 15 is 0 Å². The van der Waals surface area contributed by atoms with Gasteiger partial charge in [-0.25, -0.2) is 4.98 Å². The molecule has 2 aliphatic heterocycles. The number of thiophene rings is 1. The summed E-state index contributed by atoms with van der Waals surface area (Å²) in [5.41, 5.74) is 1.18. The molecule has 2 fully saturated rings. The number of hydrogen-bond donors (Lipinski definition) is 1. The van der Waals surface area contributed by atoms with Gasteiger partial charge in [0.05, 0.1) is 5.39 Å². The van der Waals surface area contributed by atoms with Gasteiger partial charge in [0.15, 0.2) is 0 Å². The number of likely N-dealkylation sites (N-methyl/N-ethyl adjacent to an activating group) is 1. The summed E-state index contributed by atoms with van der Waals surface area (Å²) in [5.74, 6) is 0.821. The number of amides is 1. The van der Waals surface area contributed by atoms with Crippen molar-refractivity contribution < 1.29 is 4.79 Å². The van der Waals surface area contributed by atoms with E-state index in [1.807, 2.05) is 4.90 Å². The first kappa shape index (κ1) is 21.1. The summed E-state index contributed by atoms with van der Waals surface area (Å²) in [6.45, 7) is 5.88. The van der Waals surface area contributed by atoms with Crippen LogP contribution in [0.3, 0.4) is 0 Å². The van der Waals surface area contributed by atoms with Crippen molar-refractivity contribution in [1.82, 2.24) is 24.7 Å². The minimum atomic E-state index is -0.0297. The summed E-state index contributed by atoms with van der Waals surface area (Å²) in [4.78, 5) is 42.3. The Morgan fingerprint density at radius 2 is 1.94 bits per heavy atom. The number of carbonyl (C=O) groups excluding carboxylic acids is 1. The van der Waals surface area contributed by atoms with Crippen LogP contribution in [0.1, 0.15) is 48.4 Å². The molecule has 4 heterocycles. The Balaban J connectivity index is 1.17. The number of aryl methyl sites for hydroxylation is 3. The standard InChI is InChI=1S/C23H33N5O2S/c1-26-10-4-5-16(15-26)27-11-13-28(14-12-27)20(29)9-8-19-24-22(30)21-17-6-2-3-7-18(17)31-23(21)25-19/h16H,2-15H2,1H3,(H,24,25,30). The highest BCUT2D eigenvalue weighted by molar-refractivity contribution is 7.18. The first-order valence-corrected chi connectivity index (χ1v) is 12.6. The molecule has 2 aromatic rings. The van der Waals surface area contributed by atoms with Crippen LogP contribution in [0.5, 0.6) is 0 Å². The fraction of sp³-hybridized carbons (Fsp3) is 0.696. The van der Waals surface area contributed by atoms with E-state index in [1.54, 1.807) is 11.3 Å². The van der Waals surface area contributed by atoms with Crippen molar-refractivity contribution >= 4 is 27.5 Å². The maximum Gasteiger partial charge on any atom is 0.259 e. The third-order valence-electron chi connectivity index (χ3n) is 7.23. The fourth-order valence-electron chi connectivity index (χ4n) is 5.48. The van der Waals surface area contributed by atoms with E-state index in [9.17, 15) is 9.59 Å². The zero-order chi connectivity index (χ0) is 21.4. The Hall–Kier alpha value is -1.77. The van der Waals surface area contributed by atoms with E-state index in [0.717, 1.165) is 62.2 Å². The zero-order valence-corrected chi connectivity index (χ0v) is 19.3. The number of aromatic amines is 1. The van der Waals surface area contributed by atoms with Crippen molar-refractivity contribution in [2.24, 2.45) is 0 Å². The molecular weight excluding hydrogens is 410 g/mol. The molecule has 5 rings (SSSR count). The summed E-state index contributed by atoms with van der Waals surface area (Å²) >= 11 is 1.67. The maximum absolute atomic E-state index is 12.8. The molecule has 2 saturated heterocycles. The van der Waals surface area contributed by atoms with Gasteiger partial charge in [0.1, 0.15) is 10.7 Å². The molecule has 0 saturated carbocycles. The van der Waals surface area contributed by atoms with E-state index in [-0.39, 0.29) is 11.5 Å².